The fourth-order valence-electron chi connectivity index (χ4n) is 1.86. The Morgan fingerprint density at radius 2 is 2.00 bits per heavy atom. The lowest BCUT2D eigenvalue weighted by atomic mass is 10.1. The lowest BCUT2D eigenvalue weighted by molar-refractivity contribution is 0.628. The number of fused-ring (bicyclic) bond motifs is 1. The molecule has 1 heteroatoms. The van der Waals surface area contributed by atoms with Gasteiger partial charge in [-0.25, -0.2) is 0 Å². The molecule has 1 aromatic rings. The first-order chi connectivity index (χ1) is 5.25. The van der Waals surface area contributed by atoms with Gasteiger partial charge < -0.3 is 5.73 Å². The fourth-order valence-corrected chi connectivity index (χ4v) is 1.86. The molecule has 0 saturated heterocycles. The summed E-state index contributed by atoms with van der Waals surface area (Å²) in [6.07, 6.45) is 2.44. The standard InChI is InChI=1S/C10H13N/c1-7-4-8-2-3-10(11)6-9(8)5-7/h2-3,6-7H,4-5,11H2,1H3. The number of rotatable bonds is 0. The molecule has 11 heavy (non-hydrogen) atoms. The number of anilines is 1. The molecule has 0 fully saturated rings. The summed E-state index contributed by atoms with van der Waals surface area (Å²) in [6, 6.07) is 6.27. The van der Waals surface area contributed by atoms with Crippen LogP contribution in [0.5, 0.6) is 0 Å². The Morgan fingerprint density at radius 1 is 1.27 bits per heavy atom. The van der Waals surface area contributed by atoms with Gasteiger partial charge in [0.15, 0.2) is 0 Å². The first-order valence-electron chi connectivity index (χ1n) is 4.13. The molecule has 1 aliphatic rings. The van der Waals surface area contributed by atoms with Crippen molar-refractivity contribution in [3.63, 3.8) is 0 Å². The Balaban J connectivity index is 2.43. The first-order valence-corrected chi connectivity index (χ1v) is 4.13. The van der Waals surface area contributed by atoms with E-state index in [2.05, 4.69) is 19.1 Å². The maximum absolute atomic E-state index is 5.68. The van der Waals surface area contributed by atoms with Crippen molar-refractivity contribution in [1.29, 1.82) is 0 Å². The Bertz CT molecular complexity index is 278. The minimum atomic E-state index is 0.812. The van der Waals surface area contributed by atoms with Crippen molar-refractivity contribution >= 4 is 5.69 Å². The van der Waals surface area contributed by atoms with Gasteiger partial charge >= 0.3 is 0 Å². The first kappa shape index (κ1) is 6.71. The fraction of sp³-hybridized carbons (Fsp3) is 0.400. The van der Waals surface area contributed by atoms with Crippen LogP contribution in [-0.2, 0) is 12.8 Å². The summed E-state index contributed by atoms with van der Waals surface area (Å²) in [5, 5.41) is 0. The third-order valence-electron chi connectivity index (χ3n) is 2.37. The van der Waals surface area contributed by atoms with Gasteiger partial charge in [0.05, 0.1) is 0 Å². The van der Waals surface area contributed by atoms with Crippen molar-refractivity contribution < 1.29 is 0 Å². The molecule has 0 spiro atoms. The zero-order chi connectivity index (χ0) is 7.84. The molecule has 0 bridgehead atoms. The molecule has 1 unspecified atom stereocenters. The van der Waals surface area contributed by atoms with Gasteiger partial charge in [-0.15, -0.1) is 0 Å². The molecule has 1 atom stereocenters. The van der Waals surface area contributed by atoms with Gasteiger partial charge in [0, 0.05) is 5.69 Å². The summed E-state index contributed by atoms with van der Waals surface area (Å²) in [4.78, 5) is 0. The second-order valence-electron chi connectivity index (χ2n) is 3.54. The van der Waals surface area contributed by atoms with Crippen LogP contribution < -0.4 is 5.73 Å². The monoisotopic (exact) mass is 147 g/mol. The predicted molar refractivity (Wildman–Crippen MR) is 47.4 cm³/mol. The lowest BCUT2D eigenvalue weighted by Crippen LogP contribution is -1.89. The molecule has 2 N–H and O–H groups in total. The number of nitrogen functional groups attached to an aromatic ring is 1. The van der Waals surface area contributed by atoms with E-state index in [1.54, 1.807) is 0 Å². The Labute approximate surface area is 67.2 Å². The molecule has 1 aromatic carbocycles. The topological polar surface area (TPSA) is 26.0 Å². The molecule has 0 amide bonds. The molecule has 0 saturated carbocycles. The van der Waals surface area contributed by atoms with Crippen molar-refractivity contribution in [1.82, 2.24) is 0 Å². The van der Waals surface area contributed by atoms with E-state index in [0.29, 0.717) is 0 Å². The Kier molecular flexibility index (Phi) is 1.38. The third kappa shape index (κ3) is 1.11. The normalized spacial score (nSPS) is 21.7. The second-order valence-corrected chi connectivity index (χ2v) is 3.54. The average Bonchev–Trinajstić information content (AvgIpc) is 2.27. The van der Waals surface area contributed by atoms with Crippen LogP contribution in [0.3, 0.4) is 0 Å². The zero-order valence-electron chi connectivity index (χ0n) is 6.80. The van der Waals surface area contributed by atoms with Gasteiger partial charge in [0.25, 0.3) is 0 Å². The van der Waals surface area contributed by atoms with Crippen LogP contribution in [0.4, 0.5) is 5.69 Å². The molecular formula is C10H13N. The van der Waals surface area contributed by atoms with Gasteiger partial charge in [-0.3, -0.25) is 0 Å². The summed E-state index contributed by atoms with van der Waals surface area (Å²) in [5.74, 6) is 0.812. The molecule has 0 aromatic heterocycles. The van der Waals surface area contributed by atoms with Crippen LogP contribution in [0.15, 0.2) is 18.2 Å². The largest absolute Gasteiger partial charge is 0.399 e. The number of nitrogens with two attached hydrogens (primary N) is 1. The highest BCUT2D eigenvalue weighted by Crippen LogP contribution is 2.27. The molecule has 0 aliphatic heterocycles. The van der Waals surface area contributed by atoms with Crippen LogP contribution in [0.2, 0.25) is 0 Å². The van der Waals surface area contributed by atoms with E-state index in [1.807, 2.05) is 6.07 Å². The molecule has 1 nitrogen and oxygen atoms in total. The maximum atomic E-state index is 5.68. The number of benzene rings is 1. The molecule has 0 radical (unpaired) electrons. The van der Waals surface area contributed by atoms with E-state index >= 15 is 0 Å². The van der Waals surface area contributed by atoms with Crippen LogP contribution in [0.25, 0.3) is 0 Å². The van der Waals surface area contributed by atoms with Crippen molar-refractivity contribution in [2.75, 3.05) is 5.73 Å². The van der Waals surface area contributed by atoms with Crippen LogP contribution in [-0.4, -0.2) is 0 Å². The minimum Gasteiger partial charge on any atom is -0.399 e. The van der Waals surface area contributed by atoms with E-state index in [4.69, 9.17) is 5.73 Å². The highest BCUT2D eigenvalue weighted by molar-refractivity contribution is 5.46. The minimum absolute atomic E-state index is 0.812. The van der Waals surface area contributed by atoms with Crippen molar-refractivity contribution in [2.24, 2.45) is 5.92 Å². The van der Waals surface area contributed by atoms with E-state index in [1.165, 1.54) is 24.0 Å². The van der Waals surface area contributed by atoms with Crippen LogP contribution in [0.1, 0.15) is 18.1 Å². The van der Waals surface area contributed by atoms with Gasteiger partial charge in [0.1, 0.15) is 0 Å². The van der Waals surface area contributed by atoms with E-state index in [0.717, 1.165) is 11.6 Å². The Morgan fingerprint density at radius 3 is 2.82 bits per heavy atom. The van der Waals surface area contributed by atoms with E-state index < -0.39 is 0 Å². The smallest absolute Gasteiger partial charge is 0.0316 e. The molecule has 58 valence electrons. The van der Waals surface area contributed by atoms with Crippen LogP contribution in [0, 0.1) is 5.92 Å². The average molecular weight is 147 g/mol. The SMILES string of the molecule is CC1Cc2ccc(N)cc2C1. The van der Waals surface area contributed by atoms with Gasteiger partial charge in [-0.05, 0) is 42.0 Å². The second kappa shape index (κ2) is 2.26. The summed E-state index contributed by atoms with van der Waals surface area (Å²) in [7, 11) is 0. The van der Waals surface area contributed by atoms with Crippen molar-refractivity contribution in [3.8, 4) is 0 Å². The van der Waals surface area contributed by atoms with E-state index in [-0.39, 0.29) is 0 Å². The lowest BCUT2D eigenvalue weighted by Gasteiger charge is -1.98. The summed E-state index contributed by atoms with van der Waals surface area (Å²) in [6.45, 7) is 2.29. The van der Waals surface area contributed by atoms with Gasteiger partial charge in [-0.1, -0.05) is 13.0 Å². The molecule has 0 heterocycles. The maximum Gasteiger partial charge on any atom is 0.0316 e. The zero-order valence-corrected chi connectivity index (χ0v) is 6.80. The molecule has 2 rings (SSSR count). The number of hydrogen-bond acceptors (Lipinski definition) is 1. The quantitative estimate of drug-likeness (QED) is 0.558. The summed E-state index contributed by atoms with van der Waals surface area (Å²) >= 11 is 0. The van der Waals surface area contributed by atoms with Gasteiger partial charge in [0.2, 0.25) is 0 Å². The summed E-state index contributed by atoms with van der Waals surface area (Å²) in [5.41, 5.74) is 9.53. The highest BCUT2D eigenvalue weighted by Gasteiger charge is 2.16. The molecule has 1 aliphatic carbocycles. The highest BCUT2D eigenvalue weighted by atomic mass is 14.5. The predicted octanol–water partition coefficient (Wildman–Crippen LogP) is 2.00. The third-order valence-corrected chi connectivity index (χ3v) is 2.37. The summed E-state index contributed by atoms with van der Waals surface area (Å²) < 4.78 is 0. The van der Waals surface area contributed by atoms with Crippen LogP contribution >= 0.6 is 0 Å². The van der Waals surface area contributed by atoms with Gasteiger partial charge in [-0.2, -0.15) is 0 Å². The van der Waals surface area contributed by atoms with Crippen molar-refractivity contribution in [2.45, 2.75) is 19.8 Å². The molecular weight excluding hydrogens is 134 g/mol. The number of hydrogen-bond donors (Lipinski definition) is 1. The Hall–Kier alpha value is -0.980. The van der Waals surface area contributed by atoms with E-state index in [9.17, 15) is 0 Å². The van der Waals surface area contributed by atoms with Crippen molar-refractivity contribution in [3.05, 3.63) is 29.3 Å².